The number of nitrogens with zero attached hydrogens (tertiary/aromatic N) is 3. The summed E-state index contributed by atoms with van der Waals surface area (Å²) in [4.78, 5) is 7.98. The molecule has 2 heterocycles. The highest BCUT2D eigenvalue weighted by Crippen LogP contribution is 2.33. The number of pyridine rings is 1. The first-order valence-electron chi connectivity index (χ1n) is 8.65. The van der Waals surface area contributed by atoms with Crippen molar-refractivity contribution in [2.24, 2.45) is 0 Å². The van der Waals surface area contributed by atoms with Crippen LogP contribution in [0.25, 0.3) is 16.9 Å². The molecule has 4 rings (SSSR count). The maximum Gasteiger partial charge on any atom is 0.450 e. The van der Waals surface area contributed by atoms with Gasteiger partial charge < -0.3 is 10.1 Å². The second kappa shape index (κ2) is 7.62. The van der Waals surface area contributed by atoms with Crippen LogP contribution in [0.2, 0.25) is 0 Å². The zero-order valence-electron chi connectivity index (χ0n) is 15.1. The number of hydrogen-bond donors (Lipinski definition) is 1. The average molecular weight is 420 g/mol. The van der Waals surface area contributed by atoms with Crippen molar-refractivity contribution < 1.29 is 26.7 Å². The quantitative estimate of drug-likeness (QED) is 0.416. The minimum absolute atomic E-state index is 0.0167. The summed E-state index contributed by atoms with van der Waals surface area (Å²) < 4.78 is 70.4. The zero-order valence-corrected chi connectivity index (χ0v) is 15.1. The molecule has 0 amide bonds. The monoisotopic (exact) mass is 420 g/mol. The SMILES string of the molecule is FC(F)Oc1ccc(Nc2cccc(-n3c(C(F)(F)F)nc4ccccc43)n2)cc1. The smallest absolute Gasteiger partial charge is 0.435 e. The molecule has 1 N–H and O–H groups in total. The van der Waals surface area contributed by atoms with Gasteiger partial charge in [0.2, 0.25) is 5.82 Å². The number of halogens is 5. The van der Waals surface area contributed by atoms with E-state index < -0.39 is 18.6 Å². The average Bonchev–Trinajstić information content (AvgIpc) is 3.10. The summed E-state index contributed by atoms with van der Waals surface area (Å²) in [5, 5.41) is 2.92. The Hall–Kier alpha value is -3.69. The van der Waals surface area contributed by atoms with Crippen LogP contribution in [0.1, 0.15) is 5.82 Å². The fourth-order valence-electron chi connectivity index (χ4n) is 2.93. The van der Waals surface area contributed by atoms with Gasteiger partial charge in [0.15, 0.2) is 0 Å². The van der Waals surface area contributed by atoms with Gasteiger partial charge in [-0.1, -0.05) is 18.2 Å². The third-order valence-corrected chi connectivity index (χ3v) is 4.13. The minimum atomic E-state index is -4.68. The molecule has 0 bridgehead atoms. The standard InChI is InChI=1S/C20H13F5N4O/c21-19(22)30-13-10-8-12(9-11-13)26-16-6-3-7-17(28-16)29-15-5-2-1-4-14(15)27-18(29)20(23,24)25/h1-11,19H,(H,26,28). The maximum absolute atomic E-state index is 13.6. The van der Waals surface area contributed by atoms with Gasteiger partial charge in [-0.05, 0) is 48.5 Å². The van der Waals surface area contributed by atoms with Gasteiger partial charge in [-0.2, -0.15) is 22.0 Å². The van der Waals surface area contributed by atoms with Gasteiger partial charge in [0, 0.05) is 5.69 Å². The molecule has 0 aliphatic heterocycles. The highest BCUT2D eigenvalue weighted by molar-refractivity contribution is 5.78. The summed E-state index contributed by atoms with van der Waals surface area (Å²) in [7, 11) is 0. The Balaban J connectivity index is 1.69. The fraction of sp³-hybridized carbons (Fsp3) is 0.100. The van der Waals surface area contributed by atoms with Gasteiger partial charge in [0.25, 0.3) is 0 Å². The topological polar surface area (TPSA) is 52.0 Å². The van der Waals surface area contributed by atoms with E-state index in [1.807, 2.05) is 0 Å². The van der Waals surface area contributed by atoms with E-state index in [0.29, 0.717) is 5.69 Å². The lowest BCUT2D eigenvalue weighted by molar-refractivity contribution is -0.145. The number of fused-ring (bicyclic) bond motifs is 1. The minimum Gasteiger partial charge on any atom is -0.435 e. The molecule has 30 heavy (non-hydrogen) atoms. The first-order chi connectivity index (χ1) is 14.3. The summed E-state index contributed by atoms with van der Waals surface area (Å²) >= 11 is 0. The molecule has 2 aromatic heterocycles. The van der Waals surface area contributed by atoms with E-state index >= 15 is 0 Å². The molecule has 0 saturated heterocycles. The predicted octanol–water partition coefficient (Wildman–Crippen LogP) is 5.78. The summed E-state index contributed by atoms with van der Waals surface area (Å²) in [5.41, 5.74) is 0.954. The van der Waals surface area contributed by atoms with Crippen LogP contribution >= 0.6 is 0 Å². The molecule has 0 saturated carbocycles. The largest absolute Gasteiger partial charge is 0.450 e. The maximum atomic E-state index is 13.6. The van der Waals surface area contributed by atoms with Crippen LogP contribution in [-0.4, -0.2) is 21.1 Å². The molecule has 4 aromatic rings. The molecule has 0 aliphatic rings. The van der Waals surface area contributed by atoms with Crippen molar-refractivity contribution in [3.63, 3.8) is 0 Å². The van der Waals surface area contributed by atoms with Gasteiger partial charge in [0.1, 0.15) is 17.4 Å². The highest BCUT2D eigenvalue weighted by atomic mass is 19.4. The number of para-hydroxylation sites is 2. The number of rotatable bonds is 5. The molecule has 10 heteroatoms. The van der Waals surface area contributed by atoms with Crippen molar-refractivity contribution in [1.82, 2.24) is 14.5 Å². The van der Waals surface area contributed by atoms with Crippen LogP contribution in [0.3, 0.4) is 0 Å². The fourth-order valence-corrected chi connectivity index (χ4v) is 2.93. The third-order valence-electron chi connectivity index (χ3n) is 4.13. The Morgan fingerprint density at radius 2 is 1.60 bits per heavy atom. The second-order valence-corrected chi connectivity index (χ2v) is 6.17. The van der Waals surface area contributed by atoms with E-state index in [2.05, 4.69) is 20.0 Å². The number of aromatic nitrogens is 3. The highest BCUT2D eigenvalue weighted by Gasteiger charge is 2.38. The third kappa shape index (κ3) is 4.02. The van der Waals surface area contributed by atoms with E-state index in [-0.39, 0.29) is 28.4 Å². The van der Waals surface area contributed by atoms with Crippen molar-refractivity contribution in [2.45, 2.75) is 12.8 Å². The Bertz CT molecular complexity index is 1170. The van der Waals surface area contributed by atoms with Gasteiger partial charge in [-0.15, -0.1) is 0 Å². The molecule has 0 fully saturated rings. The molecule has 0 radical (unpaired) electrons. The van der Waals surface area contributed by atoms with Crippen molar-refractivity contribution >= 4 is 22.5 Å². The van der Waals surface area contributed by atoms with Crippen molar-refractivity contribution in [2.75, 3.05) is 5.32 Å². The summed E-state index contributed by atoms with van der Waals surface area (Å²) in [6.45, 7) is -2.94. The summed E-state index contributed by atoms with van der Waals surface area (Å²) in [6.07, 6.45) is -4.68. The van der Waals surface area contributed by atoms with Gasteiger partial charge >= 0.3 is 12.8 Å². The molecule has 2 aromatic carbocycles. The Labute approximate surface area is 166 Å². The first kappa shape index (κ1) is 19.6. The number of benzene rings is 2. The first-order valence-corrected chi connectivity index (χ1v) is 8.65. The number of nitrogens with one attached hydrogen (secondary N) is 1. The molecule has 0 atom stereocenters. The number of imidazole rings is 1. The van der Waals surface area contributed by atoms with Crippen LogP contribution in [0.4, 0.5) is 33.5 Å². The number of ether oxygens (including phenoxy) is 1. The lowest BCUT2D eigenvalue weighted by Gasteiger charge is -2.13. The van der Waals surface area contributed by atoms with Crippen LogP contribution in [0.5, 0.6) is 5.75 Å². The van der Waals surface area contributed by atoms with Crippen LogP contribution in [-0.2, 0) is 6.18 Å². The number of anilines is 2. The van der Waals surface area contributed by atoms with Crippen molar-refractivity contribution in [1.29, 1.82) is 0 Å². The van der Waals surface area contributed by atoms with Gasteiger partial charge in [-0.25, -0.2) is 9.97 Å². The van der Waals surface area contributed by atoms with E-state index in [9.17, 15) is 22.0 Å². The van der Waals surface area contributed by atoms with Crippen LogP contribution in [0.15, 0.2) is 66.7 Å². The number of hydrogen-bond acceptors (Lipinski definition) is 4. The molecular weight excluding hydrogens is 407 g/mol. The van der Waals surface area contributed by atoms with Gasteiger partial charge in [0.05, 0.1) is 11.0 Å². The molecule has 0 aliphatic carbocycles. The summed E-state index contributed by atoms with van der Waals surface area (Å²) in [6, 6.07) is 16.4. The van der Waals surface area contributed by atoms with Crippen LogP contribution in [0, 0.1) is 0 Å². The zero-order chi connectivity index (χ0) is 21.3. The Morgan fingerprint density at radius 1 is 0.867 bits per heavy atom. The van der Waals surface area contributed by atoms with Crippen molar-refractivity contribution in [3.05, 3.63) is 72.6 Å². The van der Waals surface area contributed by atoms with E-state index in [1.165, 1.54) is 42.5 Å². The summed E-state index contributed by atoms with van der Waals surface area (Å²) in [5.74, 6) is -0.807. The Kier molecular flexibility index (Phi) is 4.98. The number of alkyl halides is 5. The molecular formula is C20H13F5N4O. The lowest BCUT2D eigenvalue weighted by atomic mass is 10.3. The van der Waals surface area contributed by atoms with E-state index in [0.717, 1.165) is 4.57 Å². The molecule has 0 unspecified atom stereocenters. The molecule has 5 nitrogen and oxygen atoms in total. The molecule has 154 valence electrons. The predicted molar refractivity (Wildman–Crippen MR) is 100 cm³/mol. The van der Waals surface area contributed by atoms with E-state index in [1.54, 1.807) is 24.3 Å². The molecule has 0 spiro atoms. The van der Waals surface area contributed by atoms with E-state index in [4.69, 9.17) is 0 Å². The normalized spacial score (nSPS) is 11.8. The van der Waals surface area contributed by atoms with Gasteiger partial charge in [-0.3, -0.25) is 4.57 Å². The Morgan fingerprint density at radius 3 is 2.30 bits per heavy atom. The van der Waals surface area contributed by atoms with Crippen LogP contribution < -0.4 is 10.1 Å². The van der Waals surface area contributed by atoms with Crippen molar-refractivity contribution in [3.8, 4) is 11.6 Å². The lowest BCUT2D eigenvalue weighted by Crippen LogP contribution is -2.14. The second-order valence-electron chi connectivity index (χ2n) is 6.17.